The molecule has 0 aromatic heterocycles. The average Bonchev–Trinajstić information content (AvgIpc) is 2.47. The zero-order chi connectivity index (χ0) is 15.6. The highest BCUT2D eigenvalue weighted by molar-refractivity contribution is 7.89. The van der Waals surface area contributed by atoms with E-state index in [0.717, 1.165) is 0 Å². The Kier molecular flexibility index (Phi) is 4.75. The number of piperidine rings is 1. The standard InChI is InChI=1S/C13H17ClN2O4S/c1-20-12-5-4-10(7-11(12)14)21(18,19)16-6-2-3-9(8-16)13(15)17/h4-5,7,9H,2-3,6,8H2,1H3,(H2,15,17)/t9-/m1/s1. The maximum atomic E-state index is 12.6. The normalized spacial score (nSPS) is 20.2. The molecule has 1 aliphatic rings. The van der Waals surface area contributed by atoms with E-state index < -0.39 is 21.8 Å². The van der Waals surface area contributed by atoms with Gasteiger partial charge in [-0.3, -0.25) is 4.79 Å². The topological polar surface area (TPSA) is 89.7 Å². The van der Waals surface area contributed by atoms with Gasteiger partial charge in [0.15, 0.2) is 0 Å². The minimum Gasteiger partial charge on any atom is -0.495 e. The molecule has 0 radical (unpaired) electrons. The van der Waals surface area contributed by atoms with Gasteiger partial charge in [-0.05, 0) is 31.0 Å². The third-order valence-electron chi connectivity index (χ3n) is 3.55. The fourth-order valence-electron chi connectivity index (χ4n) is 2.35. The predicted molar refractivity (Wildman–Crippen MR) is 78.7 cm³/mol. The van der Waals surface area contributed by atoms with Gasteiger partial charge in [0.05, 0.1) is 22.9 Å². The molecule has 0 spiro atoms. The summed E-state index contributed by atoms with van der Waals surface area (Å²) in [6.07, 6.45) is 1.22. The van der Waals surface area contributed by atoms with Gasteiger partial charge in [-0.2, -0.15) is 4.31 Å². The Labute approximate surface area is 128 Å². The van der Waals surface area contributed by atoms with Crippen molar-refractivity contribution in [1.82, 2.24) is 4.31 Å². The number of primary amides is 1. The van der Waals surface area contributed by atoms with Crippen LogP contribution < -0.4 is 10.5 Å². The molecular weight excluding hydrogens is 316 g/mol. The fourth-order valence-corrected chi connectivity index (χ4v) is 4.22. The van der Waals surface area contributed by atoms with E-state index in [2.05, 4.69) is 0 Å². The lowest BCUT2D eigenvalue weighted by molar-refractivity contribution is -0.122. The zero-order valence-electron chi connectivity index (χ0n) is 11.6. The summed E-state index contributed by atoms with van der Waals surface area (Å²) in [6.45, 7) is 0.483. The molecule has 2 rings (SSSR count). The van der Waals surface area contributed by atoms with Crippen LogP contribution in [-0.4, -0.2) is 38.8 Å². The molecule has 0 saturated carbocycles. The Hall–Kier alpha value is -1.31. The van der Waals surface area contributed by atoms with E-state index in [4.69, 9.17) is 22.1 Å². The molecule has 0 unspecified atom stereocenters. The van der Waals surface area contributed by atoms with Gasteiger partial charge >= 0.3 is 0 Å². The first kappa shape index (κ1) is 16.1. The lowest BCUT2D eigenvalue weighted by Crippen LogP contribution is -2.44. The van der Waals surface area contributed by atoms with Crippen molar-refractivity contribution in [2.75, 3.05) is 20.2 Å². The van der Waals surface area contributed by atoms with Gasteiger partial charge in [-0.25, -0.2) is 8.42 Å². The van der Waals surface area contributed by atoms with Crippen LogP contribution in [0.4, 0.5) is 0 Å². The monoisotopic (exact) mass is 332 g/mol. The highest BCUT2D eigenvalue weighted by atomic mass is 35.5. The second-order valence-electron chi connectivity index (χ2n) is 4.90. The molecule has 2 N–H and O–H groups in total. The maximum absolute atomic E-state index is 12.6. The molecule has 1 heterocycles. The van der Waals surface area contributed by atoms with Gasteiger partial charge in [0, 0.05) is 13.1 Å². The number of amides is 1. The molecule has 1 saturated heterocycles. The number of nitrogens with zero attached hydrogens (tertiary/aromatic N) is 1. The number of rotatable bonds is 4. The molecule has 1 aliphatic heterocycles. The van der Waals surface area contributed by atoms with Gasteiger partial charge in [0.25, 0.3) is 0 Å². The number of carbonyl (C=O) groups excluding carboxylic acids is 1. The summed E-state index contributed by atoms with van der Waals surface area (Å²) in [7, 11) is -2.23. The number of methoxy groups -OCH3 is 1. The van der Waals surface area contributed by atoms with Crippen molar-refractivity contribution in [2.24, 2.45) is 11.7 Å². The van der Waals surface area contributed by atoms with Crippen molar-refractivity contribution in [3.63, 3.8) is 0 Å². The minimum absolute atomic E-state index is 0.0819. The molecule has 116 valence electrons. The Balaban J connectivity index is 2.29. The van der Waals surface area contributed by atoms with E-state index in [9.17, 15) is 13.2 Å². The molecule has 6 nitrogen and oxygen atoms in total. The average molecular weight is 333 g/mol. The summed E-state index contributed by atoms with van der Waals surface area (Å²) in [6, 6.07) is 4.29. The number of hydrogen-bond donors (Lipinski definition) is 1. The number of sulfonamides is 1. The van der Waals surface area contributed by atoms with Crippen molar-refractivity contribution in [2.45, 2.75) is 17.7 Å². The first-order valence-corrected chi connectivity index (χ1v) is 8.31. The van der Waals surface area contributed by atoms with Gasteiger partial charge < -0.3 is 10.5 Å². The Morgan fingerprint density at radius 3 is 2.76 bits per heavy atom. The second-order valence-corrected chi connectivity index (χ2v) is 7.25. The summed E-state index contributed by atoms with van der Waals surface area (Å²) < 4.78 is 31.5. The predicted octanol–water partition coefficient (Wildman–Crippen LogP) is 1.23. The highest BCUT2D eigenvalue weighted by Crippen LogP contribution is 2.30. The van der Waals surface area contributed by atoms with Crippen LogP contribution in [0.15, 0.2) is 23.1 Å². The van der Waals surface area contributed by atoms with Gasteiger partial charge in [-0.1, -0.05) is 11.6 Å². The molecule has 1 aromatic carbocycles. The molecule has 8 heteroatoms. The highest BCUT2D eigenvalue weighted by Gasteiger charge is 2.32. The van der Waals surface area contributed by atoms with Crippen LogP contribution >= 0.6 is 11.6 Å². The van der Waals surface area contributed by atoms with E-state index in [-0.39, 0.29) is 16.5 Å². The van der Waals surface area contributed by atoms with Gasteiger partial charge in [0.2, 0.25) is 15.9 Å². The molecule has 21 heavy (non-hydrogen) atoms. The van der Waals surface area contributed by atoms with E-state index in [0.29, 0.717) is 25.1 Å². The smallest absolute Gasteiger partial charge is 0.243 e. The van der Waals surface area contributed by atoms with Crippen LogP contribution in [-0.2, 0) is 14.8 Å². The summed E-state index contributed by atoms with van der Waals surface area (Å²) in [5.74, 6) is -0.505. The number of carbonyl (C=O) groups is 1. The molecular formula is C13H17ClN2O4S. The lowest BCUT2D eigenvalue weighted by Gasteiger charge is -2.30. The SMILES string of the molecule is COc1ccc(S(=O)(=O)N2CCC[C@@H](C(N)=O)C2)cc1Cl. The Morgan fingerprint density at radius 2 is 2.19 bits per heavy atom. The number of ether oxygens (including phenoxy) is 1. The molecule has 1 fully saturated rings. The van der Waals surface area contributed by atoms with Crippen LogP contribution in [0.1, 0.15) is 12.8 Å². The fraction of sp³-hybridized carbons (Fsp3) is 0.462. The van der Waals surface area contributed by atoms with Crippen LogP contribution in [0, 0.1) is 5.92 Å². The second kappa shape index (κ2) is 6.21. The van der Waals surface area contributed by atoms with Crippen molar-refractivity contribution in [3.8, 4) is 5.75 Å². The summed E-state index contributed by atoms with van der Waals surface area (Å²) in [4.78, 5) is 11.3. The number of halogens is 1. The third-order valence-corrected chi connectivity index (χ3v) is 5.70. The van der Waals surface area contributed by atoms with Crippen molar-refractivity contribution >= 4 is 27.5 Å². The van der Waals surface area contributed by atoms with Crippen molar-refractivity contribution in [1.29, 1.82) is 0 Å². The third kappa shape index (κ3) is 3.30. The summed E-state index contributed by atoms with van der Waals surface area (Å²) in [5.41, 5.74) is 5.28. The Morgan fingerprint density at radius 1 is 1.48 bits per heavy atom. The van der Waals surface area contributed by atoms with E-state index >= 15 is 0 Å². The summed E-state index contributed by atoms with van der Waals surface area (Å²) >= 11 is 5.97. The lowest BCUT2D eigenvalue weighted by atomic mass is 9.99. The van der Waals surface area contributed by atoms with Crippen molar-refractivity contribution in [3.05, 3.63) is 23.2 Å². The van der Waals surface area contributed by atoms with Crippen LogP contribution in [0.3, 0.4) is 0 Å². The first-order valence-electron chi connectivity index (χ1n) is 6.49. The minimum atomic E-state index is -3.69. The van der Waals surface area contributed by atoms with E-state index in [1.165, 1.54) is 29.6 Å². The number of nitrogens with two attached hydrogens (primary N) is 1. The van der Waals surface area contributed by atoms with E-state index in [1.807, 2.05) is 0 Å². The maximum Gasteiger partial charge on any atom is 0.243 e. The number of benzene rings is 1. The molecule has 1 atom stereocenters. The summed E-state index contributed by atoms with van der Waals surface area (Å²) in [5, 5.41) is 0.224. The quantitative estimate of drug-likeness (QED) is 0.898. The van der Waals surface area contributed by atoms with Gasteiger partial charge in [0.1, 0.15) is 5.75 Å². The molecule has 0 aliphatic carbocycles. The molecule has 1 aromatic rings. The molecule has 1 amide bonds. The largest absolute Gasteiger partial charge is 0.495 e. The van der Waals surface area contributed by atoms with Crippen molar-refractivity contribution < 1.29 is 17.9 Å². The van der Waals surface area contributed by atoms with E-state index in [1.54, 1.807) is 0 Å². The Bertz CT molecular complexity index is 648. The van der Waals surface area contributed by atoms with Crippen LogP contribution in [0.5, 0.6) is 5.75 Å². The van der Waals surface area contributed by atoms with Gasteiger partial charge in [-0.15, -0.1) is 0 Å². The first-order chi connectivity index (χ1) is 9.86. The van der Waals surface area contributed by atoms with Crippen LogP contribution in [0.2, 0.25) is 5.02 Å². The zero-order valence-corrected chi connectivity index (χ0v) is 13.2. The van der Waals surface area contributed by atoms with Crippen LogP contribution in [0.25, 0.3) is 0 Å². The molecule has 0 bridgehead atoms. The number of hydrogen-bond acceptors (Lipinski definition) is 4.